The van der Waals surface area contributed by atoms with Crippen molar-refractivity contribution < 1.29 is 0 Å². The molecule has 0 amide bonds. The highest BCUT2D eigenvalue weighted by Crippen LogP contribution is 2.43. The molecule has 0 radical (unpaired) electrons. The molecule has 0 aliphatic heterocycles. The van der Waals surface area contributed by atoms with Crippen molar-refractivity contribution in [2.24, 2.45) is 0 Å². The molecular weight excluding hydrogens is 575 g/mol. The van der Waals surface area contributed by atoms with Crippen molar-refractivity contribution in [2.75, 3.05) is 4.90 Å². The molecule has 0 atom stereocenters. The number of thiophene rings is 1. The normalized spacial score (nSPS) is 11.5. The highest BCUT2D eigenvalue weighted by atomic mass is 32.1. The monoisotopic (exact) mass is 603 g/mol. The standard InChI is InChI=1S/C44H29NS/c1-2-9-30(10-3-1)35-13-8-14-38(28-35)45(37-23-19-32(20-24-37)36-18-17-31-11-4-5-12-34(31)27-36)39-25-21-33-22-26-41-40-15-6-7-16-43(40)46-44(41)42(33)29-39/h1-29H. The van der Waals surface area contributed by atoms with Gasteiger partial charge in [0, 0.05) is 42.6 Å². The first-order valence-electron chi connectivity index (χ1n) is 15.7. The van der Waals surface area contributed by atoms with E-state index in [4.69, 9.17) is 0 Å². The van der Waals surface area contributed by atoms with Crippen LogP contribution in [0.4, 0.5) is 17.1 Å². The van der Waals surface area contributed by atoms with Crippen molar-refractivity contribution in [3.05, 3.63) is 176 Å². The van der Waals surface area contributed by atoms with Gasteiger partial charge in [0.1, 0.15) is 0 Å². The fraction of sp³-hybridized carbons (Fsp3) is 0. The Morgan fingerprint density at radius 2 is 0.957 bits per heavy atom. The average Bonchev–Trinajstić information content (AvgIpc) is 3.52. The molecule has 0 aliphatic carbocycles. The minimum absolute atomic E-state index is 1.12. The second-order valence-electron chi connectivity index (χ2n) is 11.8. The molecule has 0 saturated carbocycles. The van der Waals surface area contributed by atoms with Crippen LogP contribution in [0.15, 0.2) is 176 Å². The van der Waals surface area contributed by atoms with Gasteiger partial charge in [-0.1, -0.05) is 127 Å². The Hall–Kier alpha value is -5.70. The van der Waals surface area contributed by atoms with Gasteiger partial charge >= 0.3 is 0 Å². The van der Waals surface area contributed by atoms with Crippen LogP contribution in [-0.2, 0) is 0 Å². The number of hydrogen-bond donors (Lipinski definition) is 0. The molecule has 46 heavy (non-hydrogen) atoms. The van der Waals surface area contributed by atoms with Crippen LogP contribution < -0.4 is 4.90 Å². The molecule has 216 valence electrons. The summed E-state index contributed by atoms with van der Waals surface area (Å²) in [6, 6.07) is 64.0. The molecule has 0 N–H and O–H groups in total. The SMILES string of the molecule is c1ccc(-c2cccc(N(c3ccc(-c4ccc5ccccc5c4)cc3)c3ccc4ccc5c6ccccc6sc5c4c3)c2)cc1. The van der Waals surface area contributed by atoms with E-state index < -0.39 is 0 Å². The maximum atomic E-state index is 2.39. The Kier molecular flexibility index (Phi) is 6.40. The summed E-state index contributed by atoms with van der Waals surface area (Å²) in [6.07, 6.45) is 0. The van der Waals surface area contributed by atoms with Gasteiger partial charge in [0.2, 0.25) is 0 Å². The molecule has 1 heterocycles. The maximum absolute atomic E-state index is 2.39. The van der Waals surface area contributed by atoms with E-state index in [0.29, 0.717) is 0 Å². The van der Waals surface area contributed by atoms with Crippen LogP contribution in [0.25, 0.3) is 64.0 Å². The van der Waals surface area contributed by atoms with Crippen molar-refractivity contribution in [3.8, 4) is 22.3 Å². The van der Waals surface area contributed by atoms with Crippen molar-refractivity contribution in [1.29, 1.82) is 0 Å². The van der Waals surface area contributed by atoms with Crippen molar-refractivity contribution in [2.45, 2.75) is 0 Å². The summed E-state index contributed by atoms with van der Waals surface area (Å²) >= 11 is 1.88. The molecule has 8 aromatic carbocycles. The number of nitrogens with zero attached hydrogens (tertiary/aromatic N) is 1. The van der Waals surface area contributed by atoms with Gasteiger partial charge in [0.25, 0.3) is 0 Å². The summed E-state index contributed by atoms with van der Waals surface area (Å²) in [5, 5.41) is 7.71. The van der Waals surface area contributed by atoms with Crippen LogP contribution >= 0.6 is 11.3 Å². The van der Waals surface area contributed by atoms with Crippen LogP contribution in [0.2, 0.25) is 0 Å². The summed E-state index contributed by atoms with van der Waals surface area (Å²) in [4.78, 5) is 2.39. The number of hydrogen-bond acceptors (Lipinski definition) is 2. The maximum Gasteiger partial charge on any atom is 0.0468 e. The smallest absolute Gasteiger partial charge is 0.0468 e. The zero-order valence-electron chi connectivity index (χ0n) is 25.1. The molecule has 1 nitrogen and oxygen atoms in total. The van der Waals surface area contributed by atoms with Crippen LogP contribution in [0.3, 0.4) is 0 Å². The lowest BCUT2D eigenvalue weighted by Gasteiger charge is -2.26. The third-order valence-electron chi connectivity index (χ3n) is 9.02. The van der Waals surface area contributed by atoms with E-state index in [1.54, 1.807) is 0 Å². The van der Waals surface area contributed by atoms with E-state index in [0.717, 1.165) is 17.1 Å². The Morgan fingerprint density at radius 3 is 1.85 bits per heavy atom. The largest absolute Gasteiger partial charge is 0.310 e. The van der Waals surface area contributed by atoms with Crippen molar-refractivity contribution >= 4 is 70.1 Å². The van der Waals surface area contributed by atoms with E-state index in [1.165, 1.54) is 64.0 Å². The zero-order chi connectivity index (χ0) is 30.5. The van der Waals surface area contributed by atoms with Crippen LogP contribution in [0.1, 0.15) is 0 Å². The summed E-state index contributed by atoms with van der Waals surface area (Å²) in [5.74, 6) is 0. The third kappa shape index (κ3) is 4.63. The number of benzene rings is 8. The second kappa shape index (κ2) is 11.0. The fourth-order valence-electron chi connectivity index (χ4n) is 6.70. The highest BCUT2D eigenvalue weighted by molar-refractivity contribution is 7.26. The quantitative estimate of drug-likeness (QED) is 0.189. The molecular formula is C44H29NS. The van der Waals surface area contributed by atoms with E-state index in [1.807, 2.05) is 11.3 Å². The van der Waals surface area contributed by atoms with Gasteiger partial charge in [-0.25, -0.2) is 0 Å². The number of fused-ring (bicyclic) bond motifs is 6. The third-order valence-corrected chi connectivity index (χ3v) is 10.2. The lowest BCUT2D eigenvalue weighted by atomic mass is 10.0. The number of rotatable bonds is 5. The van der Waals surface area contributed by atoms with Crippen LogP contribution in [0.5, 0.6) is 0 Å². The summed E-state index contributed by atoms with van der Waals surface area (Å²) in [5.41, 5.74) is 8.23. The molecule has 2 heteroatoms. The average molecular weight is 604 g/mol. The Balaban J connectivity index is 1.21. The molecule has 0 aliphatic rings. The minimum Gasteiger partial charge on any atom is -0.310 e. The Bertz CT molecular complexity index is 2530. The van der Waals surface area contributed by atoms with Crippen molar-refractivity contribution in [1.82, 2.24) is 0 Å². The summed E-state index contributed by atoms with van der Waals surface area (Å²) < 4.78 is 2.66. The molecule has 1 aromatic heterocycles. The topological polar surface area (TPSA) is 3.24 Å². The van der Waals surface area contributed by atoms with Crippen molar-refractivity contribution in [3.63, 3.8) is 0 Å². The number of anilines is 3. The van der Waals surface area contributed by atoms with Gasteiger partial charge in [-0.3, -0.25) is 0 Å². The summed E-state index contributed by atoms with van der Waals surface area (Å²) in [6.45, 7) is 0. The highest BCUT2D eigenvalue weighted by Gasteiger charge is 2.16. The lowest BCUT2D eigenvalue weighted by molar-refractivity contribution is 1.29. The van der Waals surface area contributed by atoms with Gasteiger partial charge in [0.15, 0.2) is 0 Å². The molecule has 9 rings (SSSR count). The first-order valence-corrected chi connectivity index (χ1v) is 16.5. The first-order chi connectivity index (χ1) is 22.8. The predicted molar refractivity (Wildman–Crippen MR) is 200 cm³/mol. The minimum atomic E-state index is 1.12. The van der Waals surface area contributed by atoms with E-state index >= 15 is 0 Å². The Morgan fingerprint density at radius 1 is 0.326 bits per heavy atom. The van der Waals surface area contributed by atoms with Gasteiger partial charge in [-0.05, 0) is 86.9 Å². The fourth-order valence-corrected chi connectivity index (χ4v) is 7.93. The predicted octanol–water partition coefficient (Wildman–Crippen LogP) is 13.2. The molecule has 0 fully saturated rings. The van der Waals surface area contributed by atoms with Gasteiger partial charge in [0.05, 0.1) is 0 Å². The molecule has 0 unspecified atom stereocenters. The van der Waals surface area contributed by atoms with Crippen LogP contribution in [-0.4, -0.2) is 0 Å². The summed E-state index contributed by atoms with van der Waals surface area (Å²) in [7, 11) is 0. The van der Waals surface area contributed by atoms with Gasteiger partial charge < -0.3 is 4.90 Å². The lowest BCUT2D eigenvalue weighted by Crippen LogP contribution is -2.10. The van der Waals surface area contributed by atoms with Crippen LogP contribution in [0, 0.1) is 0 Å². The van der Waals surface area contributed by atoms with Gasteiger partial charge in [-0.15, -0.1) is 11.3 Å². The zero-order valence-corrected chi connectivity index (χ0v) is 25.9. The van der Waals surface area contributed by atoms with Gasteiger partial charge in [-0.2, -0.15) is 0 Å². The second-order valence-corrected chi connectivity index (χ2v) is 12.9. The van der Waals surface area contributed by atoms with E-state index in [-0.39, 0.29) is 0 Å². The van der Waals surface area contributed by atoms with E-state index in [9.17, 15) is 0 Å². The first kappa shape index (κ1) is 26.7. The molecule has 0 saturated heterocycles. The molecule has 0 spiro atoms. The molecule has 9 aromatic rings. The molecule has 0 bridgehead atoms. The Labute approximate surface area is 272 Å². The van der Waals surface area contributed by atoms with E-state index in [2.05, 4.69) is 181 Å².